The Morgan fingerprint density at radius 2 is 2.27 bits per heavy atom. The third kappa shape index (κ3) is 1.41. The second-order valence-corrected chi connectivity index (χ2v) is 3.78. The minimum Gasteiger partial charge on any atom is -0.312 e. The summed E-state index contributed by atoms with van der Waals surface area (Å²) < 4.78 is 0. The normalized spacial score (nSPS) is 37.4. The molecule has 2 atom stereocenters. The lowest BCUT2D eigenvalue weighted by Crippen LogP contribution is -2.51. The molecular formula is C8H16N2O. The smallest absolute Gasteiger partial charge is 0.0737 e. The van der Waals surface area contributed by atoms with Crippen molar-refractivity contribution < 1.29 is 4.84 Å². The zero-order valence-electron chi connectivity index (χ0n) is 7.21. The van der Waals surface area contributed by atoms with Crippen molar-refractivity contribution >= 4 is 0 Å². The van der Waals surface area contributed by atoms with Gasteiger partial charge in [-0.2, -0.15) is 5.06 Å². The van der Waals surface area contributed by atoms with Crippen LogP contribution in [0.5, 0.6) is 0 Å². The van der Waals surface area contributed by atoms with Crippen LogP contribution in [0.2, 0.25) is 0 Å². The van der Waals surface area contributed by atoms with Gasteiger partial charge in [0.05, 0.1) is 6.10 Å². The van der Waals surface area contributed by atoms with Crippen molar-refractivity contribution in [1.29, 1.82) is 0 Å². The highest BCUT2D eigenvalue weighted by Gasteiger charge is 2.39. The van der Waals surface area contributed by atoms with Gasteiger partial charge in [0.15, 0.2) is 0 Å². The Kier molecular flexibility index (Phi) is 1.87. The number of hydrogen-bond donors (Lipinski definition) is 1. The van der Waals surface area contributed by atoms with Crippen molar-refractivity contribution in [2.75, 3.05) is 19.6 Å². The van der Waals surface area contributed by atoms with Crippen LogP contribution in [0, 0.1) is 5.92 Å². The zero-order valence-corrected chi connectivity index (χ0v) is 7.21. The molecule has 1 N–H and O–H groups in total. The minimum absolute atomic E-state index is 0.326. The summed E-state index contributed by atoms with van der Waals surface area (Å²) in [6, 6.07) is 0.716. The van der Waals surface area contributed by atoms with Crippen LogP contribution in [-0.2, 0) is 4.84 Å². The van der Waals surface area contributed by atoms with Gasteiger partial charge in [0.25, 0.3) is 0 Å². The van der Waals surface area contributed by atoms with Crippen molar-refractivity contribution in [3.8, 4) is 0 Å². The molecule has 0 saturated carbocycles. The van der Waals surface area contributed by atoms with Crippen LogP contribution in [0.4, 0.5) is 0 Å². The predicted molar refractivity (Wildman–Crippen MR) is 43.1 cm³/mol. The van der Waals surface area contributed by atoms with Gasteiger partial charge in [0, 0.05) is 31.6 Å². The molecule has 0 aromatic heterocycles. The largest absolute Gasteiger partial charge is 0.312 e. The molecule has 0 aliphatic carbocycles. The molecule has 0 bridgehead atoms. The molecule has 2 aliphatic heterocycles. The molecule has 0 aromatic carbocycles. The fourth-order valence-electron chi connectivity index (χ4n) is 1.80. The molecule has 0 amide bonds. The van der Waals surface area contributed by atoms with E-state index in [0.29, 0.717) is 12.1 Å². The summed E-state index contributed by atoms with van der Waals surface area (Å²) >= 11 is 0. The Balaban J connectivity index is 1.80. The monoisotopic (exact) mass is 156 g/mol. The molecule has 0 radical (unpaired) electrons. The summed E-state index contributed by atoms with van der Waals surface area (Å²) in [5.41, 5.74) is 0. The predicted octanol–water partition coefficient (Wildman–Crippen LogP) is 0.230. The van der Waals surface area contributed by atoms with Crippen molar-refractivity contribution in [1.82, 2.24) is 10.4 Å². The van der Waals surface area contributed by atoms with Gasteiger partial charge >= 0.3 is 0 Å². The molecule has 2 heterocycles. The fraction of sp³-hybridized carbons (Fsp3) is 1.00. The first-order valence-electron chi connectivity index (χ1n) is 4.41. The Bertz CT molecular complexity index is 134. The maximum atomic E-state index is 5.59. The van der Waals surface area contributed by atoms with Gasteiger partial charge in [-0.15, -0.1) is 0 Å². The fourth-order valence-corrected chi connectivity index (χ4v) is 1.80. The van der Waals surface area contributed by atoms with Crippen LogP contribution in [-0.4, -0.2) is 36.8 Å². The third-order valence-electron chi connectivity index (χ3n) is 2.41. The van der Waals surface area contributed by atoms with E-state index in [4.69, 9.17) is 4.84 Å². The van der Waals surface area contributed by atoms with E-state index in [1.807, 2.05) is 0 Å². The van der Waals surface area contributed by atoms with Gasteiger partial charge in [-0.1, -0.05) is 0 Å². The number of nitrogens with one attached hydrogen (secondary N) is 1. The van der Waals surface area contributed by atoms with Crippen LogP contribution < -0.4 is 5.32 Å². The van der Waals surface area contributed by atoms with Crippen molar-refractivity contribution in [2.24, 2.45) is 5.92 Å². The quantitative estimate of drug-likeness (QED) is 0.619. The van der Waals surface area contributed by atoms with Crippen molar-refractivity contribution in [3.05, 3.63) is 0 Å². The molecule has 0 spiro atoms. The third-order valence-corrected chi connectivity index (χ3v) is 2.41. The average Bonchev–Trinajstić information content (AvgIpc) is 2.12. The van der Waals surface area contributed by atoms with E-state index in [-0.39, 0.29) is 0 Å². The van der Waals surface area contributed by atoms with Gasteiger partial charge in [-0.25, -0.2) is 0 Å². The summed E-state index contributed by atoms with van der Waals surface area (Å²) in [6.07, 6.45) is 0.326. The zero-order chi connectivity index (χ0) is 7.84. The topological polar surface area (TPSA) is 24.5 Å². The molecule has 2 rings (SSSR count). The lowest BCUT2D eigenvalue weighted by Gasteiger charge is -2.30. The van der Waals surface area contributed by atoms with Crippen LogP contribution in [0.1, 0.15) is 13.8 Å². The Morgan fingerprint density at radius 3 is 2.64 bits per heavy atom. The highest BCUT2D eigenvalue weighted by molar-refractivity contribution is 4.95. The average molecular weight is 156 g/mol. The summed E-state index contributed by atoms with van der Waals surface area (Å²) in [5.74, 6) is 0.855. The maximum absolute atomic E-state index is 5.59. The maximum Gasteiger partial charge on any atom is 0.0737 e. The first-order chi connectivity index (χ1) is 5.25. The van der Waals surface area contributed by atoms with Gasteiger partial charge in [0.1, 0.15) is 0 Å². The van der Waals surface area contributed by atoms with E-state index in [2.05, 4.69) is 24.2 Å². The first-order valence-corrected chi connectivity index (χ1v) is 4.41. The molecule has 2 saturated heterocycles. The highest BCUT2D eigenvalue weighted by Crippen LogP contribution is 2.23. The first kappa shape index (κ1) is 7.53. The summed E-state index contributed by atoms with van der Waals surface area (Å²) in [4.78, 5) is 5.59. The van der Waals surface area contributed by atoms with Crippen LogP contribution in [0.25, 0.3) is 0 Å². The minimum atomic E-state index is 0.326. The lowest BCUT2D eigenvalue weighted by molar-refractivity contribution is -0.174. The SMILES string of the molecule is CC(C)ON1CC2CNC2C1. The lowest BCUT2D eigenvalue weighted by atomic mass is 9.96. The number of nitrogens with zero attached hydrogens (tertiary/aromatic N) is 1. The molecule has 3 heteroatoms. The Hall–Kier alpha value is -0.120. The van der Waals surface area contributed by atoms with E-state index < -0.39 is 0 Å². The molecule has 64 valence electrons. The number of hydrogen-bond acceptors (Lipinski definition) is 3. The molecule has 2 aliphatic rings. The summed E-state index contributed by atoms with van der Waals surface area (Å²) in [6.45, 7) is 7.53. The number of fused-ring (bicyclic) bond motifs is 1. The van der Waals surface area contributed by atoms with Crippen LogP contribution in [0.15, 0.2) is 0 Å². The Morgan fingerprint density at radius 1 is 1.45 bits per heavy atom. The van der Waals surface area contributed by atoms with Gasteiger partial charge in [-0.3, -0.25) is 4.84 Å². The van der Waals surface area contributed by atoms with Gasteiger partial charge < -0.3 is 5.32 Å². The molecule has 3 nitrogen and oxygen atoms in total. The number of rotatable bonds is 2. The van der Waals surface area contributed by atoms with E-state index in [9.17, 15) is 0 Å². The summed E-state index contributed by atoms with van der Waals surface area (Å²) in [5, 5.41) is 5.49. The molecule has 11 heavy (non-hydrogen) atoms. The molecule has 0 aromatic rings. The van der Waals surface area contributed by atoms with E-state index >= 15 is 0 Å². The molecule has 2 fully saturated rings. The summed E-state index contributed by atoms with van der Waals surface area (Å²) in [7, 11) is 0. The van der Waals surface area contributed by atoms with Crippen LogP contribution in [0.3, 0.4) is 0 Å². The molecular weight excluding hydrogens is 140 g/mol. The second kappa shape index (κ2) is 2.73. The van der Waals surface area contributed by atoms with E-state index in [0.717, 1.165) is 19.0 Å². The van der Waals surface area contributed by atoms with Crippen LogP contribution >= 0.6 is 0 Å². The Labute approximate surface area is 67.7 Å². The second-order valence-electron chi connectivity index (χ2n) is 3.78. The van der Waals surface area contributed by atoms with Gasteiger partial charge in [0.2, 0.25) is 0 Å². The van der Waals surface area contributed by atoms with Crippen molar-refractivity contribution in [2.45, 2.75) is 26.0 Å². The van der Waals surface area contributed by atoms with Crippen molar-refractivity contribution in [3.63, 3.8) is 0 Å². The van der Waals surface area contributed by atoms with E-state index in [1.165, 1.54) is 6.54 Å². The number of hydroxylamine groups is 2. The van der Waals surface area contributed by atoms with Gasteiger partial charge in [-0.05, 0) is 13.8 Å². The molecule has 2 unspecified atom stereocenters. The standard InChI is InChI=1S/C8H16N2O/c1-6(2)11-10-4-7-3-9-8(7)5-10/h6-9H,3-5H2,1-2H3. The highest BCUT2D eigenvalue weighted by atomic mass is 16.7. The van der Waals surface area contributed by atoms with E-state index in [1.54, 1.807) is 0 Å².